The lowest BCUT2D eigenvalue weighted by Crippen LogP contribution is -1.87. The lowest BCUT2D eigenvalue weighted by atomic mass is 10.1. The maximum atomic E-state index is 9.84. The van der Waals surface area contributed by atoms with Gasteiger partial charge in [0.05, 0.1) is 0 Å². The molecule has 0 saturated heterocycles. The number of aryl methyl sites for hydroxylation is 1. The third kappa shape index (κ3) is 3.17. The molecule has 0 unspecified atom stereocenters. The van der Waals surface area contributed by atoms with Crippen molar-refractivity contribution in [2.24, 2.45) is 0 Å². The van der Waals surface area contributed by atoms with Crippen LogP contribution in [0.3, 0.4) is 0 Å². The molecule has 0 amide bonds. The zero-order valence-corrected chi connectivity index (χ0v) is 10.9. The average Bonchev–Trinajstić information content (AvgIpc) is 2.36. The average molecular weight is 263 g/mol. The van der Waals surface area contributed by atoms with Gasteiger partial charge < -0.3 is 9.84 Å². The summed E-state index contributed by atoms with van der Waals surface area (Å²) in [6, 6.07) is 12.5. The van der Waals surface area contributed by atoms with Gasteiger partial charge in [0.1, 0.15) is 17.2 Å². The van der Waals surface area contributed by atoms with Crippen LogP contribution in [-0.4, -0.2) is 5.11 Å². The minimum absolute atomic E-state index is 0.281. The highest BCUT2D eigenvalue weighted by Gasteiger charge is 2.03. The Hall–Kier alpha value is -1.67. The molecule has 94 valence electrons. The molecule has 0 saturated carbocycles. The second kappa shape index (κ2) is 5.78. The van der Waals surface area contributed by atoms with Gasteiger partial charge in [-0.2, -0.15) is 0 Å². The fraction of sp³-hybridized carbons (Fsp3) is 0.200. The van der Waals surface area contributed by atoms with E-state index in [2.05, 4.69) is 6.92 Å². The third-order valence-corrected chi connectivity index (χ3v) is 2.88. The van der Waals surface area contributed by atoms with Crippen LogP contribution in [0, 0.1) is 0 Å². The molecule has 0 radical (unpaired) electrons. The van der Waals surface area contributed by atoms with Gasteiger partial charge in [-0.25, -0.2) is 0 Å². The summed E-state index contributed by atoms with van der Waals surface area (Å²) in [7, 11) is 0. The van der Waals surface area contributed by atoms with E-state index >= 15 is 0 Å². The van der Waals surface area contributed by atoms with Crippen molar-refractivity contribution in [2.45, 2.75) is 19.8 Å². The molecule has 0 spiro atoms. The topological polar surface area (TPSA) is 29.5 Å². The minimum atomic E-state index is 0.281. The fourth-order valence-corrected chi connectivity index (χ4v) is 1.85. The normalized spacial score (nSPS) is 10.3. The van der Waals surface area contributed by atoms with E-state index in [1.807, 2.05) is 12.1 Å². The number of benzene rings is 2. The molecule has 2 aromatic carbocycles. The Morgan fingerprint density at radius 2 is 1.72 bits per heavy atom. The molecule has 2 aromatic rings. The Labute approximate surface area is 112 Å². The first-order chi connectivity index (χ1) is 8.69. The molecule has 0 aliphatic rings. The standard InChI is InChI=1S/C15H15ClO2/c1-2-3-11-4-7-14(10-15(11)17)18-13-8-5-12(16)6-9-13/h4-10,17H,2-3H2,1H3. The highest BCUT2D eigenvalue weighted by molar-refractivity contribution is 6.30. The summed E-state index contributed by atoms with van der Waals surface area (Å²) < 4.78 is 5.63. The molecule has 0 aromatic heterocycles. The monoisotopic (exact) mass is 262 g/mol. The SMILES string of the molecule is CCCc1ccc(Oc2ccc(Cl)cc2)cc1O. The van der Waals surface area contributed by atoms with E-state index < -0.39 is 0 Å². The summed E-state index contributed by atoms with van der Waals surface area (Å²) >= 11 is 5.80. The molecule has 18 heavy (non-hydrogen) atoms. The molecule has 0 bridgehead atoms. The number of rotatable bonds is 4. The lowest BCUT2D eigenvalue weighted by Gasteiger charge is -2.08. The second-order valence-electron chi connectivity index (χ2n) is 4.10. The number of ether oxygens (including phenoxy) is 1. The van der Waals surface area contributed by atoms with Crippen LogP contribution in [-0.2, 0) is 6.42 Å². The Morgan fingerprint density at radius 3 is 2.33 bits per heavy atom. The van der Waals surface area contributed by atoms with Crippen LogP contribution in [0.25, 0.3) is 0 Å². The molecule has 0 atom stereocenters. The van der Waals surface area contributed by atoms with Crippen LogP contribution < -0.4 is 4.74 Å². The van der Waals surface area contributed by atoms with Crippen molar-refractivity contribution in [1.82, 2.24) is 0 Å². The van der Waals surface area contributed by atoms with Gasteiger partial charge in [-0.1, -0.05) is 31.0 Å². The Bertz CT molecular complexity index is 521. The zero-order chi connectivity index (χ0) is 13.0. The first-order valence-electron chi connectivity index (χ1n) is 5.94. The van der Waals surface area contributed by atoms with Crippen LogP contribution in [0.2, 0.25) is 5.02 Å². The van der Waals surface area contributed by atoms with E-state index in [4.69, 9.17) is 16.3 Å². The van der Waals surface area contributed by atoms with Crippen LogP contribution in [0.5, 0.6) is 17.2 Å². The third-order valence-electron chi connectivity index (χ3n) is 2.63. The molecule has 0 aliphatic carbocycles. The largest absolute Gasteiger partial charge is 0.508 e. The molecule has 1 N–H and O–H groups in total. The zero-order valence-electron chi connectivity index (χ0n) is 10.2. The van der Waals surface area contributed by atoms with Gasteiger partial charge >= 0.3 is 0 Å². The fourth-order valence-electron chi connectivity index (χ4n) is 1.73. The lowest BCUT2D eigenvalue weighted by molar-refractivity contribution is 0.450. The van der Waals surface area contributed by atoms with Crippen molar-refractivity contribution in [2.75, 3.05) is 0 Å². The molecule has 0 fully saturated rings. The predicted molar refractivity (Wildman–Crippen MR) is 73.6 cm³/mol. The van der Waals surface area contributed by atoms with E-state index in [1.165, 1.54) is 0 Å². The van der Waals surface area contributed by atoms with Crippen molar-refractivity contribution in [1.29, 1.82) is 0 Å². The van der Waals surface area contributed by atoms with Crippen LogP contribution >= 0.6 is 11.6 Å². The number of phenols is 1. The number of aromatic hydroxyl groups is 1. The molecule has 0 heterocycles. The molecule has 3 heteroatoms. The van der Waals surface area contributed by atoms with Gasteiger partial charge in [-0.15, -0.1) is 0 Å². The molecule has 2 rings (SSSR count). The number of phenolic OH excluding ortho intramolecular Hbond substituents is 1. The Morgan fingerprint density at radius 1 is 1.06 bits per heavy atom. The Balaban J connectivity index is 2.14. The summed E-state index contributed by atoms with van der Waals surface area (Å²) in [6.07, 6.45) is 1.87. The van der Waals surface area contributed by atoms with Gasteiger partial charge in [0, 0.05) is 11.1 Å². The summed E-state index contributed by atoms with van der Waals surface area (Å²) in [5.41, 5.74) is 0.945. The van der Waals surface area contributed by atoms with Crippen molar-refractivity contribution in [3.8, 4) is 17.2 Å². The van der Waals surface area contributed by atoms with Crippen molar-refractivity contribution in [3.05, 3.63) is 53.1 Å². The maximum absolute atomic E-state index is 9.84. The first-order valence-corrected chi connectivity index (χ1v) is 6.32. The van der Waals surface area contributed by atoms with E-state index in [9.17, 15) is 5.11 Å². The molecule has 0 aliphatic heterocycles. The highest BCUT2D eigenvalue weighted by Crippen LogP contribution is 2.28. The van der Waals surface area contributed by atoms with Gasteiger partial charge in [0.2, 0.25) is 0 Å². The van der Waals surface area contributed by atoms with Gasteiger partial charge in [0.25, 0.3) is 0 Å². The van der Waals surface area contributed by atoms with Crippen molar-refractivity contribution in [3.63, 3.8) is 0 Å². The number of halogens is 1. The van der Waals surface area contributed by atoms with Gasteiger partial charge in [-0.3, -0.25) is 0 Å². The van der Waals surface area contributed by atoms with Crippen LogP contribution in [0.4, 0.5) is 0 Å². The van der Waals surface area contributed by atoms with Crippen LogP contribution in [0.15, 0.2) is 42.5 Å². The maximum Gasteiger partial charge on any atom is 0.131 e. The minimum Gasteiger partial charge on any atom is -0.508 e. The van der Waals surface area contributed by atoms with Gasteiger partial charge in [-0.05, 0) is 42.3 Å². The molecule has 2 nitrogen and oxygen atoms in total. The number of hydrogen-bond acceptors (Lipinski definition) is 2. The number of hydrogen-bond donors (Lipinski definition) is 1. The quantitative estimate of drug-likeness (QED) is 0.858. The van der Waals surface area contributed by atoms with Gasteiger partial charge in [0.15, 0.2) is 0 Å². The summed E-state index contributed by atoms with van der Waals surface area (Å²) in [4.78, 5) is 0. The smallest absolute Gasteiger partial charge is 0.131 e. The van der Waals surface area contributed by atoms with Crippen LogP contribution in [0.1, 0.15) is 18.9 Å². The summed E-state index contributed by atoms with van der Waals surface area (Å²) in [5, 5.41) is 10.5. The first kappa shape index (κ1) is 12.8. The van der Waals surface area contributed by atoms with E-state index in [0.29, 0.717) is 16.5 Å². The van der Waals surface area contributed by atoms with Crippen molar-refractivity contribution >= 4 is 11.6 Å². The molecular weight excluding hydrogens is 248 g/mol. The van der Waals surface area contributed by atoms with E-state index in [0.717, 1.165) is 18.4 Å². The van der Waals surface area contributed by atoms with Crippen molar-refractivity contribution < 1.29 is 9.84 Å². The Kier molecular flexibility index (Phi) is 4.11. The molecular formula is C15H15ClO2. The van der Waals surface area contributed by atoms with E-state index in [-0.39, 0.29) is 5.75 Å². The summed E-state index contributed by atoms with van der Waals surface area (Å²) in [6.45, 7) is 2.08. The summed E-state index contributed by atoms with van der Waals surface area (Å²) in [5.74, 6) is 1.60. The highest BCUT2D eigenvalue weighted by atomic mass is 35.5. The van der Waals surface area contributed by atoms with E-state index in [1.54, 1.807) is 30.3 Å². The predicted octanol–water partition coefficient (Wildman–Crippen LogP) is 4.79. The second-order valence-corrected chi connectivity index (χ2v) is 4.53.